The van der Waals surface area contributed by atoms with Crippen LogP contribution < -0.4 is 10.1 Å². The van der Waals surface area contributed by atoms with Crippen molar-refractivity contribution in [2.45, 2.75) is 32.8 Å². The Hall–Kier alpha value is -1.58. The summed E-state index contributed by atoms with van der Waals surface area (Å²) in [6, 6.07) is 8.29. The molecular weight excluding hydrogens is 284 g/mol. The number of ether oxygens (including phenoxy) is 1. The Balaban J connectivity index is 2.00. The molecule has 0 bridgehead atoms. The molecule has 0 spiro atoms. The first-order chi connectivity index (χ1) is 10.2. The largest absolute Gasteiger partial charge is 0.496 e. The third-order valence-electron chi connectivity index (χ3n) is 3.52. The highest BCUT2D eigenvalue weighted by Gasteiger charge is 2.08. The zero-order valence-electron chi connectivity index (χ0n) is 12.7. The van der Waals surface area contributed by atoms with E-state index < -0.39 is 0 Å². The van der Waals surface area contributed by atoms with Gasteiger partial charge in [0.25, 0.3) is 0 Å². The minimum absolute atomic E-state index is 0.545. The third-order valence-corrected chi connectivity index (χ3v) is 3.83. The summed E-state index contributed by atoms with van der Waals surface area (Å²) >= 11 is 5.85. The van der Waals surface area contributed by atoms with Gasteiger partial charge >= 0.3 is 0 Å². The van der Waals surface area contributed by atoms with Crippen molar-refractivity contribution in [1.82, 2.24) is 10.3 Å². The molecule has 0 radical (unpaired) electrons. The summed E-state index contributed by atoms with van der Waals surface area (Å²) in [5, 5.41) is 3.42. The van der Waals surface area contributed by atoms with Crippen LogP contribution in [0.2, 0.25) is 0 Å². The van der Waals surface area contributed by atoms with Crippen LogP contribution in [0.5, 0.6) is 5.75 Å². The topological polar surface area (TPSA) is 34.1 Å². The molecule has 3 nitrogen and oxygen atoms in total. The van der Waals surface area contributed by atoms with E-state index in [9.17, 15) is 0 Å². The van der Waals surface area contributed by atoms with Crippen LogP contribution in [-0.2, 0) is 19.0 Å². The minimum atomic E-state index is 0.545. The van der Waals surface area contributed by atoms with Gasteiger partial charge in [-0.2, -0.15) is 0 Å². The number of benzene rings is 1. The molecule has 0 amide bonds. The minimum Gasteiger partial charge on any atom is -0.496 e. The molecule has 112 valence electrons. The van der Waals surface area contributed by atoms with Crippen molar-refractivity contribution >= 4 is 11.6 Å². The molecule has 0 aliphatic carbocycles. The SMILES string of the molecule is COc1c(C)cnc(CNCc2cccc(CCl)c2)c1C. The van der Waals surface area contributed by atoms with E-state index >= 15 is 0 Å². The second-order valence-electron chi connectivity index (χ2n) is 5.10. The van der Waals surface area contributed by atoms with Crippen LogP contribution in [-0.4, -0.2) is 12.1 Å². The normalized spacial score (nSPS) is 10.7. The van der Waals surface area contributed by atoms with Crippen LogP contribution in [0.3, 0.4) is 0 Å². The Labute approximate surface area is 131 Å². The van der Waals surface area contributed by atoms with E-state index in [2.05, 4.69) is 22.4 Å². The van der Waals surface area contributed by atoms with Crippen LogP contribution in [0.25, 0.3) is 0 Å². The van der Waals surface area contributed by atoms with Crippen molar-refractivity contribution in [2.24, 2.45) is 0 Å². The maximum absolute atomic E-state index is 5.85. The second kappa shape index (κ2) is 7.43. The van der Waals surface area contributed by atoms with E-state index in [-0.39, 0.29) is 0 Å². The molecule has 0 saturated heterocycles. The molecule has 0 aliphatic heterocycles. The first-order valence-corrected chi connectivity index (χ1v) is 7.52. The number of hydrogen-bond acceptors (Lipinski definition) is 3. The Morgan fingerprint density at radius 1 is 1.19 bits per heavy atom. The number of halogens is 1. The lowest BCUT2D eigenvalue weighted by molar-refractivity contribution is 0.406. The average molecular weight is 305 g/mol. The molecule has 4 heteroatoms. The number of nitrogens with zero attached hydrogens (tertiary/aromatic N) is 1. The fourth-order valence-corrected chi connectivity index (χ4v) is 2.56. The predicted molar refractivity (Wildman–Crippen MR) is 86.8 cm³/mol. The van der Waals surface area contributed by atoms with Gasteiger partial charge < -0.3 is 10.1 Å². The molecule has 21 heavy (non-hydrogen) atoms. The van der Waals surface area contributed by atoms with Gasteiger partial charge in [0.05, 0.1) is 12.8 Å². The summed E-state index contributed by atoms with van der Waals surface area (Å²) in [7, 11) is 1.70. The van der Waals surface area contributed by atoms with E-state index in [1.165, 1.54) is 5.56 Å². The molecule has 1 heterocycles. The summed E-state index contributed by atoms with van der Waals surface area (Å²) < 4.78 is 5.43. The Morgan fingerprint density at radius 3 is 2.67 bits per heavy atom. The fraction of sp³-hybridized carbons (Fsp3) is 0.353. The van der Waals surface area contributed by atoms with Crippen molar-refractivity contribution in [3.8, 4) is 5.75 Å². The Kier molecular flexibility index (Phi) is 5.59. The van der Waals surface area contributed by atoms with Crippen molar-refractivity contribution < 1.29 is 4.74 Å². The zero-order chi connectivity index (χ0) is 15.2. The van der Waals surface area contributed by atoms with Gasteiger partial charge in [0, 0.05) is 36.3 Å². The van der Waals surface area contributed by atoms with Gasteiger partial charge in [-0.1, -0.05) is 24.3 Å². The first-order valence-electron chi connectivity index (χ1n) is 6.99. The van der Waals surface area contributed by atoms with E-state index in [0.717, 1.165) is 34.7 Å². The van der Waals surface area contributed by atoms with Crippen LogP contribution in [0, 0.1) is 13.8 Å². The average Bonchev–Trinajstić information content (AvgIpc) is 2.50. The van der Waals surface area contributed by atoms with Crippen molar-refractivity contribution in [1.29, 1.82) is 0 Å². The standard InChI is InChI=1S/C17H21ClN2O/c1-12-9-20-16(13(2)17(12)21-3)11-19-10-15-6-4-5-14(7-15)8-18/h4-7,9,19H,8,10-11H2,1-3H3. The molecule has 1 aromatic carbocycles. The Bertz CT molecular complexity index is 614. The summed E-state index contributed by atoms with van der Waals surface area (Å²) in [6.45, 7) is 5.56. The number of alkyl halides is 1. The van der Waals surface area contributed by atoms with E-state index in [1.807, 2.05) is 32.2 Å². The fourth-order valence-electron chi connectivity index (χ4n) is 2.40. The van der Waals surface area contributed by atoms with Gasteiger partial charge in [-0.25, -0.2) is 0 Å². The summed E-state index contributed by atoms with van der Waals surface area (Å²) in [5.74, 6) is 1.47. The lowest BCUT2D eigenvalue weighted by Crippen LogP contribution is -2.15. The monoisotopic (exact) mass is 304 g/mol. The number of aryl methyl sites for hydroxylation is 1. The molecule has 1 N–H and O–H groups in total. The van der Waals surface area contributed by atoms with Gasteiger partial charge in [-0.15, -0.1) is 11.6 Å². The van der Waals surface area contributed by atoms with Gasteiger partial charge in [-0.3, -0.25) is 4.98 Å². The number of nitrogens with one attached hydrogen (secondary N) is 1. The van der Waals surface area contributed by atoms with E-state index in [1.54, 1.807) is 7.11 Å². The lowest BCUT2D eigenvalue weighted by Gasteiger charge is -2.13. The Morgan fingerprint density at radius 2 is 1.95 bits per heavy atom. The van der Waals surface area contributed by atoms with Gasteiger partial charge in [-0.05, 0) is 25.0 Å². The number of aromatic nitrogens is 1. The van der Waals surface area contributed by atoms with Gasteiger partial charge in [0.15, 0.2) is 0 Å². The quantitative estimate of drug-likeness (QED) is 0.826. The summed E-state index contributed by atoms with van der Waals surface area (Å²) in [4.78, 5) is 4.49. The number of pyridine rings is 1. The van der Waals surface area contributed by atoms with Crippen LogP contribution in [0.15, 0.2) is 30.5 Å². The second-order valence-corrected chi connectivity index (χ2v) is 5.37. The highest BCUT2D eigenvalue weighted by atomic mass is 35.5. The van der Waals surface area contributed by atoms with Crippen molar-refractivity contribution in [2.75, 3.05) is 7.11 Å². The zero-order valence-corrected chi connectivity index (χ0v) is 13.5. The van der Waals surface area contributed by atoms with E-state index in [0.29, 0.717) is 12.4 Å². The smallest absolute Gasteiger partial charge is 0.128 e. The van der Waals surface area contributed by atoms with Crippen LogP contribution in [0.4, 0.5) is 0 Å². The third kappa shape index (κ3) is 3.96. The maximum Gasteiger partial charge on any atom is 0.128 e. The van der Waals surface area contributed by atoms with Crippen LogP contribution >= 0.6 is 11.6 Å². The summed E-state index contributed by atoms with van der Waals surface area (Å²) in [5.41, 5.74) is 5.55. The summed E-state index contributed by atoms with van der Waals surface area (Å²) in [6.07, 6.45) is 1.86. The number of rotatable bonds is 6. The molecule has 0 unspecified atom stereocenters. The first kappa shape index (κ1) is 15.8. The maximum atomic E-state index is 5.85. The lowest BCUT2D eigenvalue weighted by atomic mass is 10.1. The highest BCUT2D eigenvalue weighted by Crippen LogP contribution is 2.23. The highest BCUT2D eigenvalue weighted by molar-refractivity contribution is 6.17. The molecule has 0 aliphatic rings. The molecule has 0 fully saturated rings. The molecular formula is C17H21ClN2O. The van der Waals surface area contributed by atoms with Gasteiger partial charge in [0.1, 0.15) is 5.75 Å². The molecule has 0 atom stereocenters. The van der Waals surface area contributed by atoms with E-state index in [4.69, 9.17) is 16.3 Å². The van der Waals surface area contributed by atoms with Crippen molar-refractivity contribution in [3.05, 3.63) is 58.4 Å². The van der Waals surface area contributed by atoms with Gasteiger partial charge in [0.2, 0.25) is 0 Å². The molecule has 1 aromatic heterocycles. The molecule has 0 saturated carbocycles. The number of methoxy groups -OCH3 is 1. The van der Waals surface area contributed by atoms with Crippen molar-refractivity contribution in [3.63, 3.8) is 0 Å². The molecule has 2 rings (SSSR count). The number of hydrogen-bond donors (Lipinski definition) is 1. The predicted octanol–water partition coefficient (Wildman–Crippen LogP) is 3.74. The van der Waals surface area contributed by atoms with Crippen LogP contribution in [0.1, 0.15) is 27.9 Å². The molecule has 2 aromatic rings.